The van der Waals surface area contributed by atoms with Gasteiger partial charge in [0.15, 0.2) is 0 Å². The molecule has 0 aromatic rings. The first-order valence-electron chi connectivity index (χ1n) is 6.16. The molecule has 1 heterocycles. The van der Waals surface area contributed by atoms with Crippen LogP contribution in [0.2, 0.25) is 0 Å². The number of rotatable bonds is 4. The molecule has 1 aliphatic carbocycles. The van der Waals surface area contributed by atoms with Gasteiger partial charge in [-0.3, -0.25) is 0 Å². The Bertz CT molecular complexity index is 341. The maximum atomic E-state index is 12.0. The summed E-state index contributed by atoms with van der Waals surface area (Å²) < 4.78 is 33.2. The molecule has 0 spiro atoms. The van der Waals surface area contributed by atoms with E-state index in [0.717, 1.165) is 19.3 Å². The zero-order chi connectivity index (χ0) is 12.3. The summed E-state index contributed by atoms with van der Waals surface area (Å²) in [6, 6.07) is 0.243. The molecule has 2 fully saturated rings. The zero-order valence-corrected chi connectivity index (χ0v) is 10.8. The first-order valence-corrected chi connectivity index (χ1v) is 7.60. The van der Waals surface area contributed by atoms with Crippen molar-refractivity contribution < 1.29 is 13.2 Å². The molecule has 0 radical (unpaired) electrons. The van der Waals surface area contributed by atoms with E-state index >= 15 is 0 Å². The Labute approximate surface area is 103 Å². The maximum Gasteiger partial charge on any atom is 0.279 e. The van der Waals surface area contributed by atoms with Crippen LogP contribution in [0.3, 0.4) is 0 Å². The highest BCUT2D eigenvalue weighted by atomic mass is 32.2. The molecule has 1 aliphatic heterocycles. The highest BCUT2D eigenvalue weighted by Crippen LogP contribution is 2.23. The summed E-state index contributed by atoms with van der Waals surface area (Å²) in [5.74, 6) is 0.390. The molecule has 0 aromatic carbocycles. The van der Waals surface area contributed by atoms with Crippen molar-refractivity contribution in [3.63, 3.8) is 0 Å². The Balaban J connectivity index is 1.80. The summed E-state index contributed by atoms with van der Waals surface area (Å²) in [5, 5.41) is 0. The average molecular weight is 263 g/mol. The normalized spacial score (nSPS) is 31.8. The van der Waals surface area contributed by atoms with Crippen molar-refractivity contribution in [1.29, 1.82) is 0 Å². The molecule has 0 bridgehead atoms. The fourth-order valence-electron chi connectivity index (χ4n) is 2.40. The van der Waals surface area contributed by atoms with Gasteiger partial charge < -0.3 is 10.5 Å². The van der Waals surface area contributed by atoms with Crippen LogP contribution in [-0.2, 0) is 14.9 Å². The van der Waals surface area contributed by atoms with Gasteiger partial charge in [0.05, 0.1) is 13.2 Å². The van der Waals surface area contributed by atoms with Crippen LogP contribution in [0.1, 0.15) is 19.3 Å². The number of ether oxygens (including phenoxy) is 1. The smallest absolute Gasteiger partial charge is 0.279 e. The first kappa shape index (κ1) is 13.2. The lowest BCUT2D eigenvalue weighted by Crippen LogP contribution is -2.47. The van der Waals surface area contributed by atoms with E-state index in [0.29, 0.717) is 38.8 Å². The highest BCUT2D eigenvalue weighted by molar-refractivity contribution is 7.87. The van der Waals surface area contributed by atoms with Crippen LogP contribution < -0.4 is 10.5 Å². The van der Waals surface area contributed by atoms with Crippen LogP contribution >= 0.6 is 0 Å². The van der Waals surface area contributed by atoms with Crippen molar-refractivity contribution in [2.24, 2.45) is 11.7 Å². The van der Waals surface area contributed by atoms with Crippen molar-refractivity contribution in [2.45, 2.75) is 25.3 Å². The van der Waals surface area contributed by atoms with Crippen LogP contribution in [0.4, 0.5) is 0 Å². The lowest BCUT2D eigenvalue weighted by atomic mass is 10.1. The van der Waals surface area contributed by atoms with Gasteiger partial charge in [-0.1, -0.05) is 0 Å². The summed E-state index contributed by atoms with van der Waals surface area (Å²) in [7, 11) is -3.33. The molecular formula is C10H21N3O3S. The van der Waals surface area contributed by atoms with E-state index in [1.54, 1.807) is 0 Å². The van der Waals surface area contributed by atoms with Gasteiger partial charge in [0.25, 0.3) is 10.2 Å². The zero-order valence-electron chi connectivity index (χ0n) is 9.97. The van der Waals surface area contributed by atoms with Gasteiger partial charge >= 0.3 is 0 Å². The monoisotopic (exact) mass is 263 g/mol. The summed E-state index contributed by atoms with van der Waals surface area (Å²) >= 11 is 0. The topological polar surface area (TPSA) is 84.7 Å². The standard InChI is InChI=1S/C10H21N3O3S/c11-10-2-1-9(7-10)8-12-17(14,15)13-3-5-16-6-4-13/h9-10,12H,1-8,11H2. The van der Waals surface area contributed by atoms with Gasteiger partial charge in [0.2, 0.25) is 0 Å². The van der Waals surface area contributed by atoms with E-state index < -0.39 is 10.2 Å². The number of nitrogens with zero attached hydrogens (tertiary/aromatic N) is 1. The molecule has 2 atom stereocenters. The van der Waals surface area contributed by atoms with E-state index in [1.165, 1.54) is 4.31 Å². The third-order valence-corrected chi connectivity index (χ3v) is 5.02. The first-order chi connectivity index (χ1) is 8.08. The van der Waals surface area contributed by atoms with Gasteiger partial charge in [0.1, 0.15) is 0 Å². The summed E-state index contributed by atoms with van der Waals surface area (Å²) in [6.07, 6.45) is 2.95. The largest absolute Gasteiger partial charge is 0.379 e. The van der Waals surface area contributed by atoms with E-state index in [-0.39, 0.29) is 6.04 Å². The molecule has 2 aliphatic rings. The number of hydrogen-bond acceptors (Lipinski definition) is 4. The third kappa shape index (κ3) is 3.62. The van der Waals surface area contributed by atoms with Crippen LogP contribution in [0.25, 0.3) is 0 Å². The number of nitrogens with one attached hydrogen (secondary N) is 1. The Kier molecular flexibility index (Phi) is 4.37. The molecule has 0 amide bonds. The second-order valence-corrected chi connectivity index (χ2v) is 6.56. The lowest BCUT2D eigenvalue weighted by Gasteiger charge is -2.26. The SMILES string of the molecule is NC1CCC(CNS(=O)(=O)N2CCOCC2)C1. The van der Waals surface area contributed by atoms with Crippen LogP contribution in [0, 0.1) is 5.92 Å². The average Bonchev–Trinajstić information content (AvgIpc) is 2.74. The minimum Gasteiger partial charge on any atom is -0.379 e. The van der Waals surface area contributed by atoms with Gasteiger partial charge in [-0.25, -0.2) is 4.72 Å². The third-order valence-electron chi connectivity index (χ3n) is 3.45. The predicted octanol–water partition coefficient (Wildman–Crippen LogP) is -0.720. The van der Waals surface area contributed by atoms with Crippen molar-refractivity contribution in [1.82, 2.24) is 9.03 Å². The van der Waals surface area contributed by atoms with Crippen molar-refractivity contribution >= 4 is 10.2 Å². The molecular weight excluding hydrogens is 242 g/mol. The summed E-state index contributed by atoms with van der Waals surface area (Å²) in [4.78, 5) is 0. The Morgan fingerprint density at radius 2 is 2.00 bits per heavy atom. The van der Waals surface area contributed by atoms with E-state index in [1.807, 2.05) is 0 Å². The van der Waals surface area contributed by atoms with Gasteiger partial charge in [-0.2, -0.15) is 12.7 Å². The fourth-order valence-corrected chi connectivity index (χ4v) is 3.66. The highest BCUT2D eigenvalue weighted by Gasteiger charge is 2.27. The quantitative estimate of drug-likeness (QED) is 0.701. The predicted molar refractivity (Wildman–Crippen MR) is 64.6 cm³/mol. The molecule has 3 N–H and O–H groups in total. The minimum absolute atomic E-state index is 0.243. The number of nitrogens with two attached hydrogens (primary N) is 1. The fraction of sp³-hybridized carbons (Fsp3) is 1.00. The van der Waals surface area contributed by atoms with Crippen molar-refractivity contribution in [3.05, 3.63) is 0 Å². The minimum atomic E-state index is -3.33. The van der Waals surface area contributed by atoms with E-state index in [2.05, 4.69) is 4.72 Å². The summed E-state index contributed by atoms with van der Waals surface area (Å²) in [5.41, 5.74) is 5.80. The van der Waals surface area contributed by atoms with Crippen LogP contribution in [-0.4, -0.2) is 51.6 Å². The molecule has 2 rings (SSSR count). The molecule has 7 heteroatoms. The molecule has 100 valence electrons. The second-order valence-electron chi connectivity index (χ2n) is 4.80. The molecule has 0 aromatic heterocycles. The molecule has 1 saturated carbocycles. The Hall–Kier alpha value is -0.210. The second kappa shape index (κ2) is 5.62. The van der Waals surface area contributed by atoms with E-state index in [9.17, 15) is 8.42 Å². The maximum absolute atomic E-state index is 12.0. The van der Waals surface area contributed by atoms with Crippen molar-refractivity contribution in [3.8, 4) is 0 Å². The molecule has 17 heavy (non-hydrogen) atoms. The number of morpholine rings is 1. The van der Waals surface area contributed by atoms with Crippen LogP contribution in [0.15, 0.2) is 0 Å². The lowest BCUT2D eigenvalue weighted by molar-refractivity contribution is 0.0724. The van der Waals surface area contributed by atoms with Gasteiger partial charge in [-0.05, 0) is 25.2 Å². The Morgan fingerprint density at radius 1 is 1.29 bits per heavy atom. The summed E-state index contributed by atoms with van der Waals surface area (Å²) in [6.45, 7) is 2.36. The Morgan fingerprint density at radius 3 is 2.59 bits per heavy atom. The number of hydrogen-bond donors (Lipinski definition) is 2. The molecule has 2 unspecified atom stereocenters. The molecule has 1 saturated heterocycles. The molecule has 6 nitrogen and oxygen atoms in total. The van der Waals surface area contributed by atoms with Crippen LogP contribution in [0.5, 0.6) is 0 Å². The van der Waals surface area contributed by atoms with Gasteiger partial charge in [0, 0.05) is 25.7 Å². The van der Waals surface area contributed by atoms with Gasteiger partial charge in [-0.15, -0.1) is 0 Å². The van der Waals surface area contributed by atoms with E-state index in [4.69, 9.17) is 10.5 Å². The van der Waals surface area contributed by atoms with Crippen molar-refractivity contribution in [2.75, 3.05) is 32.8 Å².